The van der Waals surface area contributed by atoms with Crippen molar-refractivity contribution in [2.45, 2.75) is 4.21 Å². The van der Waals surface area contributed by atoms with E-state index in [1.807, 2.05) is 30.3 Å². The number of fused-ring (bicyclic) bond motifs is 1. The molecule has 8 heteroatoms. The third kappa shape index (κ3) is 3.26. The fourth-order valence-corrected chi connectivity index (χ4v) is 4.87. The standard InChI is InChI=1S/C17H11ClN2O3S2/c18-15-8-9-16(24-15)25(21,22)20-12-6-7-14-13(10-12)19-17(23-14)11-4-2-1-3-5-11/h1-10,20H. The van der Waals surface area contributed by atoms with E-state index < -0.39 is 10.0 Å². The van der Waals surface area contributed by atoms with Crippen LogP contribution in [0.5, 0.6) is 0 Å². The van der Waals surface area contributed by atoms with Gasteiger partial charge in [-0.25, -0.2) is 13.4 Å². The molecule has 0 aliphatic carbocycles. The minimum absolute atomic E-state index is 0.155. The van der Waals surface area contributed by atoms with Crippen molar-refractivity contribution in [2.24, 2.45) is 0 Å². The normalized spacial score (nSPS) is 11.7. The van der Waals surface area contributed by atoms with Crippen LogP contribution in [0.3, 0.4) is 0 Å². The molecule has 0 bridgehead atoms. The Hall–Kier alpha value is -2.35. The number of aromatic nitrogens is 1. The summed E-state index contributed by atoms with van der Waals surface area (Å²) >= 11 is 6.81. The van der Waals surface area contributed by atoms with Gasteiger partial charge in [-0.2, -0.15) is 0 Å². The summed E-state index contributed by atoms with van der Waals surface area (Å²) in [7, 11) is -3.68. The van der Waals surface area contributed by atoms with E-state index in [1.165, 1.54) is 6.07 Å². The van der Waals surface area contributed by atoms with Gasteiger partial charge in [-0.3, -0.25) is 4.72 Å². The second-order valence-corrected chi connectivity index (χ2v) is 8.86. The average Bonchev–Trinajstić information content (AvgIpc) is 3.21. The van der Waals surface area contributed by atoms with Gasteiger partial charge >= 0.3 is 0 Å². The van der Waals surface area contributed by atoms with Crippen molar-refractivity contribution in [2.75, 3.05) is 4.72 Å². The first kappa shape index (κ1) is 16.1. The van der Waals surface area contributed by atoms with Gasteiger partial charge in [-0.1, -0.05) is 29.8 Å². The number of nitrogens with zero attached hydrogens (tertiary/aromatic N) is 1. The van der Waals surface area contributed by atoms with Gasteiger partial charge in [0.2, 0.25) is 5.89 Å². The zero-order chi connectivity index (χ0) is 17.4. The molecule has 0 aliphatic heterocycles. The third-order valence-electron chi connectivity index (χ3n) is 3.47. The first-order chi connectivity index (χ1) is 12.0. The van der Waals surface area contributed by atoms with Crippen molar-refractivity contribution in [3.8, 4) is 11.5 Å². The number of thiophene rings is 1. The molecule has 0 saturated carbocycles. The molecule has 5 nitrogen and oxygen atoms in total. The zero-order valence-corrected chi connectivity index (χ0v) is 15.0. The van der Waals surface area contributed by atoms with Crippen LogP contribution in [0.15, 0.2) is 69.3 Å². The summed E-state index contributed by atoms with van der Waals surface area (Å²) in [5.74, 6) is 0.487. The van der Waals surface area contributed by atoms with Crippen LogP contribution in [0.4, 0.5) is 5.69 Å². The lowest BCUT2D eigenvalue weighted by Gasteiger charge is -2.05. The quantitative estimate of drug-likeness (QED) is 0.531. The Kier molecular flexibility index (Phi) is 3.99. The monoisotopic (exact) mass is 390 g/mol. The van der Waals surface area contributed by atoms with Crippen LogP contribution < -0.4 is 4.72 Å². The summed E-state index contributed by atoms with van der Waals surface area (Å²) in [6.07, 6.45) is 0. The van der Waals surface area contributed by atoms with Gasteiger partial charge in [0.15, 0.2) is 5.58 Å². The molecule has 2 heterocycles. The lowest BCUT2D eigenvalue weighted by Crippen LogP contribution is -2.11. The van der Waals surface area contributed by atoms with E-state index in [1.54, 1.807) is 24.3 Å². The third-order valence-corrected chi connectivity index (χ3v) is 6.58. The molecule has 4 rings (SSSR count). The van der Waals surface area contributed by atoms with Gasteiger partial charge in [0, 0.05) is 5.56 Å². The summed E-state index contributed by atoms with van der Waals surface area (Å²) in [4.78, 5) is 4.43. The Bertz CT molecular complexity index is 1150. The van der Waals surface area contributed by atoms with Gasteiger partial charge in [0.1, 0.15) is 9.73 Å². The number of oxazole rings is 1. The van der Waals surface area contributed by atoms with Crippen molar-refractivity contribution >= 4 is 49.7 Å². The number of nitrogens with one attached hydrogen (secondary N) is 1. The number of hydrogen-bond donors (Lipinski definition) is 1. The molecular weight excluding hydrogens is 380 g/mol. The number of benzene rings is 2. The van der Waals surface area contributed by atoms with Gasteiger partial charge in [-0.05, 0) is 42.5 Å². The van der Waals surface area contributed by atoms with Crippen molar-refractivity contribution in [1.82, 2.24) is 4.98 Å². The highest BCUT2D eigenvalue weighted by Crippen LogP contribution is 2.29. The first-order valence-corrected chi connectivity index (χ1v) is 9.93. The Morgan fingerprint density at radius 3 is 2.56 bits per heavy atom. The maximum atomic E-state index is 12.4. The van der Waals surface area contributed by atoms with E-state index in [0.29, 0.717) is 27.0 Å². The molecule has 0 spiro atoms. The van der Waals surface area contributed by atoms with Crippen LogP contribution >= 0.6 is 22.9 Å². The molecule has 25 heavy (non-hydrogen) atoms. The molecule has 0 aliphatic rings. The molecule has 4 aromatic rings. The van der Waals surface area contributed by atoms with Gasteiger partial charge < -0.3 is 4.42 Å². The number of sulfonamides is 1. The van der Waals surface area contributed by atoms with Crippen LogP contribution in [-0.2, 0) is 10.0 Å². The second kappa shape index (κ2) is 6.18. The second-order valence-electron chi connectivity index (χ2n) is 5.23. The van der Waals surface area contributed by atoms with Gasteiger partial charge in [0.05, 0.1) is 10.0 Å². The van der Waals surface area contributed by atoms with E-state index in [2.05, 4.69) is 9.71 Å². The molecule has 0 saturated heterocycles. The molecule has 126 valence electrons. The van der Waals surface area contributed by atoms with E-state index in [0.717, 1.165) is 16.9 Å². The SMILES string of the molecule is O=S(=O)(Nc1ccc2oc(-c3ccccc3)nc2c1)c1ccc(Cl)s1. The molecule has 0 atom stereocenters. The summed E-state index contributed by atoms with van der Waals surface area (Å²) in [5.41, 5.74) is 2.42. The number of halogens is 1. The summed E-state index contributed by atoms with van der Waals surface area (Å²) in [6.45, 7) is 0. The molecule has 1 N–H and O–H groups in total. The van der Waals surface area contributed by atoms with Crippen molar-refractivity contribution in [3.05, 3.63) is 65.0 Å². The highest BCUT2D eigenvalue weighted by atomic mass is 35.5. The predicted molar refractivity (Wildman–Crippen MR) is 99.6 cm³/mol. The van der Waals surface area contributed by atoms with Crippen molar-refractivity contribution in [3.63, 3.8) is 0 Å². The lowest BCUT2D eigenvalue weighted by molar-refractivity contribution is 0.603. The van der Waals surface area contributed by atoms with Crippen LogP contribution in [0.1, 0.15) is 0 Å². The fraction of sp³-hybridized carbons (Fsp3) is 0. The Morgan fingerprint density at radius 1 is 1.04 bits per heavy atom. The van der Waals surface area contributed by atoms with Gasteiger partial charge in [-0.15, -0.1) is 11.3 Å². The molecule has 0 fully saturated rings. The summed E-state index contributed by atoms with van der Waals surface area (Å²) < 4.78 is 33.6. The lowest BCUT2D eigenvalue weighted by atomic mass is 10.2. The Morgan fingerprint density at radius 2 is 1.84 bits per heavy atom. The van der Waals surface area contributed by atoms with E-state index in [-0.39, 0.29) is 4.21 Å². The Balaban J connectivity index is 1.67. The van der Waals surface area contributed by atoms with Crippen molar-refractivity contribution in [1.29, 1.82) is 0 Å². The zero-order valence-electron chi connectivity index (χ0n) is 12.6. The van der Waals surface area contributed by atoms with Crippen LogP contribution in [0.2, 0.25) is 4.34 Å². The predicted octanol–water partition coefficient (Wildman–Crippen LogP) is 5.01. The first-order valence-electron chi connectivity index (χ1n) is 7.25. The fourth-order valence-electron chi connectivity index (χ4n) is 2.34. The highest BCUT2D eigenvalue weighted by Gasteiger charge is 2.17. The highest BCUT2D eigenvalue weighted by molar-refractivity contribution is 7.94. The molecule has 2 aromatic carbocycles. The van der Waals surface area contributed by atoms with E-state index in [9.17, 15) is 8.42 Å². The van der Waals surface area contributed by atoms with E-state index in [4.69, 9.17) is 16.0 Å². The van der Waals surface area contributed by atoms with Crippen molar-refractivity contribution < 1.29 is 12.8 Å². The van der Waals surface area contributed by atoms with Crippen LogP contribution in [0, 0.1) is 0 Å². The molecular formula is C17H11ClN2O3S2. The molecule has 0 radical (unpaired) electrons. The maximum absolute atomic E-state index is 12.4. The minimum Gasteiger partial charge on any atom is -0.436 e. The topological polar surface area (TPSA) is 72.2 Å². The summed E-state index contributed by atoms with van der Waals surface area (Å²) in [6, 6.07) is 17.5. The summed E-state index contributed by atoms with van der Waals surface area (Å²) in [5, 5.41) is 0. The van der Waals surface area contributed by atoms with Crippen LogP contribution in [-0.4, -0.2) is 13.4 Å². The molecule has 2 aromatic heterocycles. The van der Waals surface area contributed by atoms with E-state index >= 15 is 0 Å². The minimum atomic E-state index is -3.68. The number of rotatable bonds is 4. The molecule has 0 amide bonds. The van der Waals surface area contributed by atoms with Crippen LogP contribution in [0.25, 0.3) is 22.6 Å². The largest absolute Gasteiger partial charge is 0.436 e. The maximum Gasteiger partial charge on any atom is 0.271 e. The molecule has 0 unspecified atom stereocenters. The average molecular weight is 391 g/mol. The smallest absolute Gasteiger partial charge is 0.271 e. The van der Waals surface area contributed by atoms with Gasteiger partial charge in [0.25, 0.3) is 10.0 Å². The Labute approximate surface area is 152 Å². The number of anilines is 1. The number of hydrogen-bond acceptors (Lipinski definition) is 5.